The Labute approximate surface area is 205 Å². The van der Waals surface area contributed by atoms with Crippen LogP contribution in [-0.4, -0.2) is 20.3 Å². The van der Waals surface area contributed by atoms with Gasteiger partial charge in [-0.1, -0.05) is 134 Å². The molecule has 2 unspecified atom stereocenters. The van der Waals surface area contributed by atoms with Crippen LogP contribution in [0.3, 0.4) is 0 Å². The van der Waals surface area contributed by atoms with Gasteiger partial charge in [-0.2, -0.15) is 0 Å². The molecule has 3 heteroatoms. The molecule has 0 heterocycles. The molecule has 5 rings (SSSR count). The molecule has 1 aliphatic carbocycles. The molecule has 0 aliphatic heterocycles. The highest BCUT2D eigenvalue weighted by molar-refractivity contribution is 7.46. The minimum Gasteiger partial charge on any atom is -0.384 e. The average molecular weight is 479 g/mol. The zero-order valence-corrected chi connectivity index (χ0v) is 22.9. The normalized spacial score (nSPS) is 16.3. The highest BCUT2D eigenvalue weighted by atomic mass is 29.3. The Balaban J connectivity index is 1.84. The van der Waals surface area contributed by atoms with E-state index < -0.39 is 20.4 Å². The summed E-state index contributed by atoms with van der Waals surface area (Å²) in [6.07, 6.45) is 0.952. The van der Waals surface area contributed by atoms with E-state index in [1.807, 2.05) is 6.07 Å². The van der Waals surface area contributed by atoms with E-state index in [2.05, 4.69) is 124 Å². The number of aliphatic hydroxyl groups is 1. The molecule has 0 saturated carbocycles. The van der Waals surface area contributed by atoms with E-state index in [9.17, 15) is 5.11 Å². The molecule has 4 aromatic carbocycles. The van der Waals surface area contributed by atoms with E-state index in [0.717, 1.165) is 17.5 Å². The number of fused-ring (bicyclic) bond motifs is 3. The Morgan fingerprint density at radius 1 is 0.647 bits per heavy atom. The predicted molar refractivity (Wildman–Crippen MR) is 150 cm³/mol. The lowest BCUT2D eigenvalue weighted by Gasteiger charge is -2.52. The fourth-order valence-electron chi connectivity index (χ4n) is 5.99. The quantitative estimate of drug-likeness (QED) is 0.277. The maximum Gasteiger partial charge on any atom is 0.124 e. The van der Waals surface area contributed by atoms with Crippen molar-refractivity contribution in [1.82, 2.24) is 0 Å². The monoisotopic (exact) mass is 478 g/mol. The second kappa shape index (κ2) is 8.19. The van der Waals surface area contributed by atoms with E-state index in [0.29, 0.717) is 0 Å². The summed E-state index contributed by atoms with van der Waals surface area (Å²) in [7, 11) is -4.50. The lowest BCUT2D eigenvalue weighted by Crippen LogP contribution is -2.76. The first kappa shape index (κ1) is 23.0. The molecule has 0 radical (unpaired) electrons. The van der Waals surface area contributed by atoms with Gasteiger partial charge in [0.1, 0.15) is 12.8 Å². The SMILES string of the molecule is Cc1ccc(C(O)(c2ccccc2)[Si](C)(c2cccc3c2Cc2ccccc2-3)[Si](C)(C)C)cc1. The summed E-state index contributed by atoms with van der Waals surface area (Å²) in [5.41, 5.74) is 8.79. The minimum atomic E-state index is -2.58. The molecule has 2 atom stereocenters. The van der Waals surface area contributed by atoms with Gasteiger partial charge >= 0.3 is 0 Å². The first-order chi connectivity index (χ1) is 16.2. The van der Waals surface area contributed by atoms with Crippen molar-refractivity contribution in [2.45, 2.75) is 44.8 Å². The lowest BCUT2D eigenvalue weighted by molar-refractivity contribution is 0.162. The van der Waals surface area contributed by atoms with Gasteiger partial charge in [0.25, 0.3) is 0 Å². The number of benzene rings is 4. The van der Waals surface area contributed by atoms with Crippen molar-refractivity contribution in [3.63, 3.8) is 0 Å². The molecule has 0 spiro atoms. The Bertz CT molecular complexity index is 1340. The summed E-state index contributed by atoms with van der Waals surface area (Å²) in [4.78, 5) is 0. The fraction of sp³-hybridized carbons (Fsp3) is 0.226. The molecule has 172 valence electrons. The van der Waals surface area contributed by atoms with Crippen molar-refractivity contribution in [1.29, 1.82) is 0 Å². The molecule has 4 aromatic rings. The van der Waals surface area contributed by atoms with Crippen LogP contribution in [0.1, 0.15) is 27.8 Å². The standard InChI is InChI=1S/C31H34OSi2/c1-23-18-20-26(21-19-23)31(32,25-13-7-6-8-14-25)34(5,33(2,3)4)30-17-11-16-28-27-15-10-9-12-24(27)22-29(28)30/h6-21,32H,22H2,1-5H3. The van der Waals surface area contributed by atoms with E-state index in [-0.39, 0.29) is 0 Å². The van der Waals surface area contributed by atoms with Crippen LogP contribution in [0, 0.1) is 6.92 Å². The van der Waals surface area contributed by atoms with Crippen LogP contribution in [0.2, 0.25) is 26.2 Å². The third kappa shape index (κ3) is 3.30. The van der Waals surface area contributed by atoms with Gasteiger partial charge in [-0.05, 0) is 46.7 Å². The second-order valence-corrected chi connectivity index (χ2v) is 26.5. The van der Waals surface area contributed by atoms with Gasteiger partial charge in [-0.3, -0.25) is 0 Å². The van der Waals surface area contributed by atoms with E-state index in [1.165, 1.54) is 33.0 Å². The molecule has 0 amide bonds. The summed E-state index contributed by atoms with van der Waals surface area (Å²) in [5, 5.41) is 13.6. The molecule has 0 fully saturated rings. The van der Waals surface area contributed by atoms with Crippen molar-refractivity contribution in [2.75, 3.05) is 0 Å². The largest absolute Gasteiger partial charge is 0.384 e. The zero-order valence-electron chi connectivity index (χ0n) is 20.9. The maximum atomic E-state index is 13.2. The Kier molecular flexibility index (Phi) is 5.55. The van der Waals surface area contributed by atoms with E-state index in [4.69, 9.17) is 0 Å². The maximum absolute atomic E-state index is 13.2. The number of rotatable bonds is 5. The van der Waals surface area contributed by atoms with Crippen LogP contribution in [0.4, 0.5) is 0 Å². The van der Waals surface area contributed by atoms with E-state index in [1.54, 1.807) is 0 Å². The summed E-state index contributed by atoms with van der Waals surface area (Å²) >= 11 is 0. The van der Waals surface area contributed by atoms with Crippen molar-refractivity contribution in [3.05, 3.63) is 125 Å². The van der Waals surface area contributed by atoms with Crippen LogP contribution < -0.4 is 5.19 Å². The molecular formula is C31H34OSi2. The Morgan fingerprint density at radius 3 is 1.91 bits per heavy atom. The molecule has 34 heavy (non-hydrogen) atoms. The second-order valence-electron chi connectivity index (χ2n) is 11.0. The molecule has 1 nitrogen and oxygen atoms in total. The fourth-order valence-corrected chi connectivity index (χ4v) is 18.3. The molecule has 0 saturated heterocycles. The van der Waals surface area contributed by atoms with Gasteiger partial charge in [-0.15, -0.1) is 0 Å². The summed E-state index contributed by atoms with van der Waals surface area (Å²) in [6.45, 7) is 12.0. The number of hydrogen-bond donors (Lipinski definition) is 1. The number of hydrogen-bond acceptors (Lipinski definition) is 1. The highest BCUT2D eigenvalue weighted by Crippen LogP contribution is 2.45. The smallest absolute Gasteiger partial charge is 0.124 e. The van der Waals surface area contributed by atoms with Crippen LogP contribution in [0.15, 0.2) is 97.1 Å². The van der Waals surface area contributed by atoms with Crippen molar-refractivity contribution in [3.8, 4) is 11.1 Å². The van der Waals surface area contributed by atoms with Crippen LogP contribution >= 0.6 is 0 Å². The third-order valence-corrected chi connectivity index (χ3v) is 25.7. The first-order valence-electron chi connectivity index (χ1n) is 12.2. The molecular weight excluding hydrogens is 445 g/mol. The average Bonchev–Trinajstić information content (AvgIpc) is 3.22. The Hall–Kier alpha value is -2.73. The number of aryl methyl sites for hydroxylation is 1. The van der Waals surface area contributed by atoms with Gasteiger partial charge in [0, 0.05) is 7.59 Å². The Morgan fingerprint density at radius 2 is 1.24 bits per heavy atom. The third-order valence-electron chi connectivity index (χ3n) is 8.27. The van der Waals surface area contributed by atoms with Gasteiger partial charge in [0.05, 0.1) is 0 Å². The van der Waals surface area contributed by atoms with Crippen LogP contribution in [-0.2, 0) is 11.6 Å². The van der Waals surface area contributed by atoms with Crippen molar-refractivity contribution in [2.24, 2.45) is 0 Å². The summed E-state index contributed by atoms with van der Waals surface area (Å²) in [6, 6.07) is 34.7. The minimum absolute atomic E-state index is 0.952. The summed E-state index contributed by atoms with van der Waals surface area (Å²) < 4.78 is 0. The zero-order chi connectivity index (χ0) is 24.1. The van der Waals surface area contributed by atoms with Crippen molar-refractivity contribution < 1.29 is 5.11 Å². The van der Waals surface area contributed by atoms with Gasteiger partial charge in [0.2, 0.25) is 0 Å². The predicted octanol–water partition coefficient (Wildman–Crippen LogP) is 6.74. The molecule has 1 N–H and O–H groups in total. The summed E-state index contributed by atoms with van der Waals surface area (Å²) in [5.74, 6) is 0. The van der Waals surface area contributed by atoms with Gasteiger partial charge in [0.15, 0.2) is 0 Å². The van der Waals surface area contributed by atoms with E-state index >= 15 is 0 Å². The first-order valence-corrected chi connectivity index (χ1v) is 19.2. The van der Waals surface area contributed by atoms with Crippen molar-refractivity contribution >= 4 is 20.4 Å². The van der Waals surface area contributed by atoms with Gasteiger partial charge < -0.3 is 5.11 Å². The van der Waals surface area contributed by atoms with Crippen LogP contribution in [0.5, 0.6) is 0 Å². The molecule has 0 bridgehead atoms. The topological polar surface area (TPSA) is 20.2 Å². The van der Waals surface area contributed by atoms with Gasteiger partial charge in [-0.25, -0.2) is 0 Å². The highest BCUT2D eigenvalue weighted by Gasteiger charge is 2.60. The molecule has 0 aromatic heterocycles. The van der Waals surface area contributed by atoms with Crippen LogP contribution in [0.25, 0.3) is 11.1 Å². The molecule has 1 aliphatic rings. The lowest BCUT2D eigenvalue weighted by atomic mass is 9.99.